The molecule has 2 nitrogen and oxygen atoms in total. The minimum Gasteiger partial charge on any atom is -0.296 e. The Labute approximate surface area is 106 Å². The van der Waals surface area contributed by atoms with E-state index >= 15 is 0 Å². The molecule has 4 heteroatoms. The van der Waals surface area contributed by atoms with Gasteiger partial charge in [-0.05, 0) is 0 Å². The van der Waals surface area contributed by atoms with Crippen molar-refractivity contribution in [3.05, 3.63) is 16.1 Å². The molecule has 0 amide bonds. The molecular formula is C12H20N2S2. The maximum Gasteiger partial charge on any atom is 0.0982 e. The Morgan fingerprint density at radius 2 is 2.00 bits per heavy atom. The summed E-state index contributed by atoms with van der Waals surface area (Å²) in [6.45, 7) is 10.2. The molecule has 0 saturated carbocycles. The van der Waals surface area contributed by atoms with Gasteiger partial charge < -0.3 is 0 Å². The van der Waals surface area contributed by atoms with E-state index in [9.17, 15) is 0 Å². The molecule has 0 unspecified atom stereocenters. The van der Waals surface area contributed by atoms with E-state index in [1.807, 2.05) is 0 Å². The Kier molecular flexibility index (Phi) is 3.93. The van der Waals surface area contributed by atoms with Crippen LogP contribution in [0.5, 0.6) is 0 Å². The highest BCUT2D eigenvalue weighted by Crippen LogP contribution is 2.26. The van der Waals surface area contributed by atoms with Gasteiger partial charge in [-0.25, -0.2) is 4.98 Å². The number of hydrogen-bond donors (Lipinski definition) is 0. The zero-order chi connectivity index (χ0) is 11.6. The summed E-state index contributed by atoms with van der Waals surface area (Å²) in [5, 5.41) is 3.48. The van der Waals surface area contributed by atoms with Gasteiger partial charge in [0.15, 0.2) is 0 Å². The monoisotopic (exact) mass is 256 g/mol. The third-order valence-electron chi connectivity index (χ3n) is 2.68. The molecule has 1 fully saturated rings. The molecule has 1 saturated heterocycles. The van der Waals surface area contributed by atoms with Crippen LogP contribution in [0.4, 0.5) is 0 Å². The number of hydrogen-bond acceptors (Lipinski definition) is 4. The van der Waals surface area contributed by atoms with Crippen LogP contribution in [-0.4, -0.2) is 34.5 Å². The van der Waals surface area contributed by atoms with Crippen molar-refractivity contribution in [3.63, 3.8) is 0 Å². The summed E-state index contributed by atoms with van der Waals surface area (Å²) in [6, 6.07) is 0. The van der Waals surface area contributed by atoms with E-state index in [0.29, 0.717) is 0 Å². The van der Waals surface area contributed by atoms with Crippen LogP contribution in [0.1, 0.15) is 31.5 Å². The van der Waals surface area contributed by atoms with Gasteiger partial charge in [0.05, 0.1) is 10.7 Å². The smallest absolute Gasteiger partial charge is 0.0982 e. The summed E-state index contributed by atoms with van der Waals surface area (Å²) in [5.41, 5.74) is 1.45. The largest absolute Gasteiger partial charge is 0.296 e. The zero-order valence-electron chi connectivity index (χ0n) is 10.3. The molecule has 90 valence electrons. The van der Waals surface area contributed by atoms with Gasteiger partial charge in [0.2, 0.25) is 0 Å². The van der Waals surface area contributed by atoms with Crippen LogP contribution in [0.25, 0.3) is 0 Å². The fourth-order valence-electron chi connectivity index (χ4n) is 1.71. The first-order valence-corrected chi connectivity index (χ1v) is 7.84. The van der Waals surface area contributed by atoms with Gasteiger partial charge in [0.25, 0.3) is 0 Å². The second-order valence-corrected chi connectivity index (χ2v) is 7.37. The summed E-state index contributed by atoms with van der Waals surface area (Å²) in [5.74, 6) is 2.55. The van der Waals surface area contributed by atoms with Crippen LogP contribution in [0.15, 0.2) is 5.38 Å². The first-order valence-electron chi connectivity index (χ1n) is 5.81. The van der Waals surface area contributed by atoms with Crippen molar-refractivity contribution < 1.29 is 0 Å². The van der Waals surface area contributed by atoms with E-state index in [-0.39, 0.29) is 5.41 Å². The molecular weight excluding hydrogens is 236 g/mol. The van der Waals surface area contributed by atoms with Gasteiger partial charge in [-0.3, -0.25) is 4.90 Å². The molecule has 0 atom stereocenters. The van der Waals surface area contributed by atoms with Crippen LogP contribution in [0, 0.1) is 0 Å². The number of rotatable bonds is 2. The highest BCUT2D eigenvalue weighted by atomic mass is 32.2. The molecule has 2 heterocycles. The molecule has 16 heavy (non-hydrogen) atoms. The zero-order valence-corrected chi connectivity index (χ0v) is 12.0. The van der Waals surface area contributed by atoms with Crippen LogP contribution in [0.3, 0.4) is 0 Å². The first kappa shape index (κ1) is 12.4. The Bertz CT molecular complexity index is 335. The first-order chi connectivity index (χ1) is 7.55. The maximum atomic E-state index is 4.75. The van der Waals surface area contributed by atoms with E-state index < -0.39 is 0 Å². The molecule has 0 N–H and O–H groups in total. The molecule has 0 spiro atoms. The lowest BCUT2D eigenvalue weighted by molar-refractivity contribution is 0.291. The number of nitrogens with zero attached hydrogens (tertiary/aromatic N) is 2. The summed E-state index contributed by atoms with van der Waals surface area (Å²) < 4.78 is 0. The minimum atomic E-state index is 0.195. The lowest BCUT2D eigenvalue weighted by Crippen LogP contribution is -2.32. The van der Waals surface area contributed by atoms with Crippen LogP contribution in [0.2, 0.25) is 0 Å². The molecule has 0 aromatic carbocycles. The molecule has 0 radical (unpaired) electrons. The van der Waals surface area contributed by atoms with Gasteiger partial charge in [-0.2, -0.15) is 11.8 Å². The lowest BCUT2D eigenvalue weighted by Gasteiger charge is -2.25. The summed E-state index contributed by atoms with van der Waals surface area (Å²) in [6.07, 6.45) is 0. The molecule has 1 aliphatic rings. The third-order valence-corrected chi connectivity index (χ3v) is 4.94. The minimum absolute atomic E-state index is 0.195. The normalized spacial score (nSPS) is 18.9. The van der Waals surface area contributed by atoms with Crippen molar-refractivity contribution in [1.29, 1.82) is 0 Å². The van der Waals surface area contributed by atoms with Crippen molar-refractivity contribution in [2.45, 2.75) is 32.7 Å². The van der Waals surface area contributed by atoms with Crippen LogP contribution in [-0.2, 0) is 12.0 Å². The van der Waals surface area contributed by atoms with Gasteiger partial charge in [0, 0.05) is 41.9 Å². The van der Waals surface area contributed by atoms with E-state index in [1.165, 1.54) is 35.3 Å². The second-order valence-electron chi connectivity index (χ2n) is 5.28. The Balaban J connectivity index is 1.97. The van der Waals surface area contributed by atoms with Crippen LogP contribution >= 0.6 is 23.1 Å². The van der Waals surface area contributed by atoms with Crippen molar-refractivity contribution in [2.24, 2.45) is 0 Å². The SMILES string of the molecule is CC(C)(C)c1nc(CN2CCSCC2)cs1. The van der Waals surface area contributed by atoms with E-state index in [4.69, 9.17) is 4.98 Å². The highest BCUT2D eigenvalue weighted by Gasteiger charge is 2.19. The van der Waals surface area contributed by atoms with E-state index in [1.54, 1.807) is 11.3 Å². The Morgan fingerprint density at radius 3 is 2.56 bits per heavy atom. The van der Waals surface area contributed by atoms with Gasteiger partial charge in [0.1, 0.15) is 0 Å². The van der Waals surface area contributed by atoms with Crippen molar-refractivity contribution in [2.75, 3.05) is 24.6 Å². The molecule has 1 aromatic rings. The van der Waals surface area contributed by atoms with Gasteiger partial charge >= 0.3 is 0 Å². The van der Waals surface area contributed by atoms with Crippen LogP contribution < -0.4 is 0 Å². The molecule has 0 aliphatic carbocycles. The van der Waals surface area contributed by atoms with Gasteiger partial charge in [-0.15, -0.1) is 11.3 Å². The van der Waals surface area contributed by atoms with Crippen molar-refractivity contribution in [1.82, 2.24) is 9.88 Å². The Morgan fingerprint density at radius 1 is 1.31 bits per heavy atom. The standard InChI is InChI=1S/C12H20N2S2/c1-12(2,3)11-13-10(9-16-11)8-14-4-6-15-7-5-14/h9H,4-8H2,1-3H3. The van der Waals surface area contributed by atoms with Crippen molar-refractivity contribution in [3.8, 4) is 0 Å². The van der Waals surface area contributed by atoms with E-state index in [0.717, 1.165) is 6.54 Å². The molecule has 1 aromatic heterocycles. The summed E-state index contributed by atoms with van der Waals surface area (Å²) >= 11 is 3.86. The lowest BCUT2D eigenvalue weighted by atomic mass is 9.98. The summed E-state index contributed by atoms with van der Waals surface area (Å²) in [4.78, 5) is 7.26. The van der Waals surface area contributed by atoms with Gasteiger partial charge in [-0.1, -0.05) is 20.8 Å². The maximum absolute atomic E-state index is 4.75. The summed E-state index contributed by atoms with van der Waals surface area (Å²) in [7, 11) is 0. The predicted molar refractivity (Wildman–Crippen MR) is 73.4 cm³/mol. The number of thiazole rings is 1. The number of thioether (sulfide) groups is 1. The van der Waals surface area contributed by atoms with E-state index in [2.05, 4.69) is 42.8 Å². The average Bonchev–Trinajstić information content (AvgIpc) is 2.67. The fourth-order valence-corrected chi connectivity index (χ4v) is 3.59. The number of aromatic nitrogens is 1. The molecule has 1 aliphatic heterocycles. The Hall–Kier alpha value is -0.0600. The third kappa shape index (κ3) is 3.22. The fraction of sp³-hybridized carbons (Fsp3) is 0.750. The highest BCUT2D eigenvalue weighted by molar-refractivity contribution is 7.99. The predicted octanol–water partition coefficient (Wildman–Crippen LogP) is 2.99. The molecule has 2 rings (SSSR count). The average molecular weight is 256 g/mol. The molecule has 0 bridgehead atoms. The quantitative estimate of drug-likeness (QED) is 0.809. The second kappa shape index (κ2) is 5.07. The topological polar surface area (TPSA) is 16.1 Å². The van der Waals surface area contributed by atoms with Crippen molar-refractivity contribution >= 4 is 23.1 Å².